The number of hydrogen-bond acceptors (Lipinski definition) is 6. The molecule has 0 saturated carbocycles. The lowest BCUT2D eigenvalue weighted by Crippen LogP contribution is -2.47. The maximum absolute atomic E-state index is 12.9. The predicted octanol–water partition coefficient (Wildman–Crippen LogP) is 3.77. The second kappa shape index (κ2) is 13.9. The highest BCUT2D eigenvalue weighted by molar-refractivity contribution is 6.05. The van der Waals surface area contributed by atoms with Gasteiger partial charge in [0.1, 0.15) is 0 Å². The highest BCUT2D eigenvalue weighted by Crippen LogP contribution is 2.30. The number of nitrogens with zero attached hydrogens (tertiary/aromatic N) is 2. The van der Waals surface area contributed by atoms with Crippen LogP contribution in [0.5, 0.6) is 0 Å². The van der Waals surface area contributed by atoms with Crippen LogP contribution in [0.1, 0.15) is 32.9 Å². The van der Waals surface area contributed by atoms with Gasteiger partial charge in [-0.25, -0.2) is 4.79 Å². The fourth-order valence-corrected chi connectivity index (χ4v) is 4.57. The molecule has 10 heteroatoms. The Morgan fingerprint density at radius 1 is 0.875 bits per heavy atom. The van der Waals surface area contributed by atoms with Gasteiger partial charge in [-0.3, -0.25) is 9.59 Å². The van der Waals surface area contributed by atoms with Crippen LogP contribution in [0.2, 0.25) is 0 Å². The first kappa shape index (κ1) is 28.3. The Morgan fingerprint density at radius 3 is 2.30 bits per heavy atom. The molecule has 0 spiro atoms. The third-order valence-corrected chi connectivity index (χ3v) is 6.66. The van der Waals surface area contributed by atoms with Crippen molar-refractivity contribution >= 4 is 34.9 Å². The zero-order chi connectivity index (χ0) is 28.3. The van der Waals surface area contributed by atoms with Crippen LogP contribution in [0.3, 0.4) is 0 Å². The summed E-state index contributed by atoms with van der Waals surface area (Å²) in [6.07, 6.45) is 3.61. The zero-order valence-electron chi connectivity index (χ0n) is 22.7. The van der Waals surface area contributed by atoms with E-state index in [-0.39, 0.29) is 23.6 Å². The van der Waals surface area contributed by atoms with Crippen LogP contribution in [0.4, 0.5) is 21.9 Å². The van der Waals surface area contributed by atoms with Gasteiger partial charge in [0.05, 0.1) is 17.6 Å². The summed E-state index contributed by atoms with van der Waals surface area (Å²) in [5, 5.41) is 11.2. The molecule has 210 valence electrons. The maximum atomic E-state index is 12.9. The second-order valence-electron chi connectivity index (χ2n) is 9.46. The van der Waals surface area contributed by atoms with E-state index in [4.69, 9.17) is 4.42 Å². The summed E-state index contributed by atoms with van der Waals surface area (Å²) >= 11 is 0. The number of carbonyl (C=O) groups excluding carboxylic acids is 3. The van der Waals surface area contributed by atoms with Crippen molar-refractivity contribution in [2.45, 2.75) is 13.3 Å². The van der Waals surface area contributed by atoms with Gasteiger partial charge >= 0.3 is 6.03 Å². The average molecular weight is 545 g/mol. The van der Waals surface area contributed by atoms with Crippen LogP contribution >= 0.6 is 0 Å². The lowest BCUT2D eigenvalue weighted by Gasteiger charge is -2.38. The van der Waals surface area contributed by atoms with Gasteiger partial charge in [-0.2, -0.15) is 0 Å². The molecule has 1 aliphatic heterocycles. The molecule has 0 bridgehead atoms. The van der Waals surface area contributed by atoms with Crippen molar-refractivity contribution in [1.82, 2.24) is 16.0 Å². The summed E-state index contributed by atoms with van der Waals surface area (Å²) in [5.41, 5.74) is 4.28. The summed E-state index contributed by atoms with van der Waals surface area (Å²) in [4.78, 5) is 41.9. The van der Waals surface area contributed by atoms with E-state index < -0.39 is 0 Å². The first-order valence-electron chi connectivity index (χ1n) is 13.4. The van der Waals surface area contributed by atoms with Gasteiger partial charge in [0.2, 0.25) is 0 Å². The van der Waals surface area contributed by atoms with E-state index in [0.29, 0.717) is 37.3 Å². The van der Waals surface area contributed by atoms with Gasteiger partial charge < -0.3 is 35.5 Å². The Balaban J connectivity index is 1.41. The smallest absolute Gasteiger partial charge is 0.315 e. The topological polar surface area (TPSA) is 119 Å². The van der Waals surface area contributed by atoms with Gasteiger partial charge in [0.25, 0.3) is 11.8 Å². The number of carbonyl (C=O) groups is 3. The third-order valence-electron chi connectivity index (χ3n) is 6.66. The minimum Gasteiger partial charge on any atom is -0.459 e. The molecule has 0 atom stereocenters. The van der Waals surface area contributed by atoms with E-state index >= 15 is 0 Å². The van der Waals surface area contributed by atoms with Crippen LogP contribution < -0.4 is 31.1 Å². The molecular formula is C30H36N6O4. The van der Waals surface area contributed by atoms with Crippen molar-refractivity contribution in [3.63, 3.8) is 0 Å². The van der Waals surface area contributed by atoms with E-state index in [9.17, 15) is 14.4 Å². The molecule has 0 aliphatic carbocycles. The van der Waals surface area contributed by atoms with Gasteiger partial charge in [0, 0.05) is 57.1 Å². The first-order valence-corrected chi connectivity index (χ1v) is 13.4. The Hall–Kier alpha value is -4.73. The number of furan rings is 1. The lowest BCUT2D eigenvalue weighted by molar-refractivity contribution is 0.0951. The fourth-order valence-electron chi connectivity index (χ4n) is 4.57. The number of urea groups is 1. The summed E-state index contributed by atoms with van der Waals surface area (Å²) in [6.45, 7) is 10.0. The number of hydrogen-bond donors (Lipinski definition) is 4. The first-order chi connectivity index (χ1) is 19.5. The molecule has 4 rings (SSSR count). The molecule has 2 aromatic carbocycles. The molecule has 40 heavy (non-hydrogen) atoms. The molecule has 0 unspecified atom stereocenters. The van der Waals surface area contributed by atoms with Crippen molar-refractivity contribution in [2.75, 3.05) is 60.9 Å². The molecule has 1 saturated heterocycles. The number of anilines is 3. The van der Waals surface area contributed by atoms with E-state index in [1.54, 1.807) is 30.3 Å². The van der Waals surface area contributed by atoms with Gasteiger partial charge in [-0.15, -0.1) is 6.58 Å². The van der Waals surface area contributed by atoms with Crippen LogP contribution in [-0.4, -0.2) is 63.7 Å². The Bertz CT molecular complexity index is 1320. The zero-order valence-corrected chi connectivity index (χ0v) is 22.7. The second-order valence-corrected chi connectivity index (χ2v) is 9.46. The number of aryl methyl sites for hydroxylation is 1. The number of nitrogens with one attached hydrogen (secondary N) is 4. The molecule has 2 heterocycles. The minimum absolute atomic E-state index is 0.190. The van der Waals surface area contributed by atoms with Crippen molar-refractivity contribution in [1.29, 1.82) is 0 Å². The third kappa shape index (κ3) is 7.43. The van der Waals surface area contributed by atoms with Crippen LogP contribution in [0.25, 0.3) is 0 Å². The monoisotopic (exact) mass is 544 g/mol. The number of piperazine rings is 1. The molecule has 1 aliphatic rings. The quantitative estimate of drug-likeness (QED) is 0.216. The highest BCUT2D eigenvalue weighted by Gasteiger charge is 2.23. The van der Waals surface area contributed by atoms with Crippen LogP contribution in [0.15, 0.2) is 77.9 Å². The summed E-state index contributed by atoms with van der Waals surface area (Å²) in [5.74, 6) is -0.460. The van der Waals surface area contributed by atoms with E-state index in [0.717, 1.165) is 31.9 Å². The largest absolute Gasteiger partial charge is 0.459 e. The highest BCUT2D eigenvalue weighted by atomic mass is 16.3. The van der Waals surface area contributed by atoms with Crippen molar-refractivity contribution < 1.29 is 18.8 Å². The maximum Gasteiger partial charge on any atom is 0.315 e. The van der Waals surface area contributed by atoms with Crippen molar-refractivity contribution in [3.8, 4) is 0 Å². The number of rotatable bonds is 11. The van der Waals surface area contributed by atoms with Gasteiger partial charge in [-0.1, -0.05) is 24.3 Å². The normalized spacial score (nSPS) is 12.9. The standard InChI is InChI=1S/C30H36N6O4/c1-3-13-32-30(39)33-15-7-14-31-28(37)23-11-12-26(24(21-23)34-29(38)27-10-6-20-40-27)36-18-16-35(17-19-36)25-9-5-4-8-22(25)2/h3-6,8-12,20-21H,1,7,13-19H2,2H3,(H,31,37)(H,34,38)(H2,32,33,39). The van der Waals surface area contributed by atoms with Crippen molar-refractivity contribution in [2.24, 2.45) is 0 Å². The number of para-hydroxylation sites is 1. The predicted molar refractivity (Wildman–Crippen MR) is 157 cm³/mol. The van der Waals surface area contributed by atoms with Crippen molar-refractivity contribution in [3.05, 3.63) is 90.4 Å². The van der Waals surface area contributed by atoms with Gasteiger partial charge in [0.15, 0.2) is 5.76 Å². The summed E-state index contributed by atoms with van der Waals surface area (Å²) in [7, 11) is 0. The molecule has 4 amide bonds. The lowest BCUT2D eigenvalue weighted by atomic mass is 10.1. The molecule has 0 radical (unpaired) electrons. The Kier molecular flexibility index (Phi) is 9.82. The van der Waals surface area contributed by atoms with Crippen LogP contribution in [-0.2, 0) is 0 Å². The number of benzene rings is 2. The van der Waals surface area contributed by atoms with Gasteiger partial charge in [-0.05, 0) is 55.3 Å². The molecule has 10 nitrogen and oxygen atoms in total. The average Bonchev–Trinajstić information content (AvgIpc) is 3.52. The molecule has 3 aromatic rings. The summed E-state index contributed by atoms with van der Waals surface area (Å²) in [6, 6.07) is 16.7. The Labute approximate surface area is 234 Å². The molecule has 4 N–H and O–H groups in total. The molecule has 1 aromatic heterocycles. The van der Waals surface area contributed by atoms with E-state index in [1.165, 1.54) is 17.5 Å². The fraction of sp³-hybridized carbons (Fsp3) is 0.300. The SMILES string of the molecule is C=CCNC(=O)NCCCNC(=O)c1ccc(N2CCN(c3ccccc3C)CC2)c(NC(=O)c2ccco2)c1. The van der Waals surface area contributed by atoms with E-state index in [1.807, 2.05) is 12.1 Å². The van der Waals surface area contributed by atoms with E-state index in [2.05, 4.69) is 62.8 Å². The van der Waals surface area contributed by atoms with Crippen LogP contribution in [0, 0.1) is 6.92 Å². The summed E-state index contributed by atoms with van der Waals surface area (Å²) < 4.78 is 5.27. The number of amides is 4. The minimum atomic E-state index is -0.386. The molecule has 1 fully saturated rings. The molecular weight excluding hydrogens is 508 g/mol. The Morgan fingerprint density at radius 2 is 1.60 bits per heavy atom.